The number of hydrogen-bond acceptors (Lipinski definition) is 6. The molecule has 0 unspecified atom stereocenters. The van der Waals surface area contributed by atoms with Gasteiger partial charge in [-0.05, 0) is 38.0 Å². The van der Waals surface area contributed by atoms with E-state index in [-0.39, 0.29) is 24.6 Å². The van der Waals surface area contributed by atoms with E-state index in [1.165, 1.54) is 6.07 Å². The van der Waals surface area contributed by atoms with Gasteiger partial charge in [-0.1, -0.05) is 6.58 Å². The topological polar surface area (TPSA) is 109 Å². The van der Waals surface area contributed by atoms with Crippen molar-refractivity contribution in [3.05, 3.63) is 53.1 Å². The molecular formula is C18H23N5O3. The van der Waals surface area contributed by atoms with Crippen LogP contribution in [-0.2, 0) is 11.3 Å². The lowest BCUT2D eigenvalue weighted by molar-refractivity contribution is -0.121. The number of anilines is 1. The summed E-state index contributed by atoms with van der Waals surface area (Å²) in [6.07, 6.45) is 2.93. The third-order valence-corrected chi connectivity index (χ3v) is 3.53. The van der Waals surface area contributed by atoms with Crippen LogP contribution in [0.25, 0.3) is 11.3 Å². The molecule has 3 N–H and O–H groups in total. The minimum atomic E-state index is -0.341. The molecule has 0 aliphatic heterocycles. The summed E-state index contributed by atoms with van der Waals surface area (Å²) >= 11 is 0. The number of allylic oxidation sites excluding steroid dienone is 1. The molecule has 0 bridgehead atoms. The molecule has 0 aliphatic carbocycles. The molecule has 0 atom stereocenters. The molecule has 2 aromatic heterocycles. The fraction of sp³-hybridized carbons (Fsp3) is 0.333. The smallest absolute Gasteiger partial charge is 0.267 e. The van der Waals surface area contributed by atoms with Gasteiger partial charge >= 0.3 is 0 Å². The molecule has 0 aromatic carbocycles. The number of nitrogens with one attached hydrogen (secondary N) is 2. The number of amides is 1. The molecular weight excluding hydrogens is 334 g/mol. The summed E-state index contributed by atoms with van der Waals surface area (Å²) in [6, 6.07) is 6.57. The average molecular weight is 357 g/mol. The minimum Gasteiger partial charge on any atom is -0.396 e. The Labute approximate surface area is 151 Å². The van der Waals surface area contributed by atoms with E-state index < -0.39 is 0 Å². The molecule has 0 fully saturated rings. The second-order valence-corrected chi connectivity index (χ2v) is 5.66. The second kappa shape index (κ2) is 9.47. The fourth-order valence-corrected chi connectivity index (χ4v) is 2.26. The highest BCUT2D eigenvalue weighted by atomic mass is 16.3. The van der Waals surface area contributed by atoms with Crippen LogP contribution >= 0.6 is 0 Å². The van der Waals surface area contributed by atoms with E-state index in [9.17, 15) is 9.59 Å². The molecule has 0 spiro atoms. The molecule has 0 aliphatic rings. The summed E-state index contributed by atoms with van der Waals surface area (Å²) in [7, 11) is 0. The molecule has 0 saturated carbocycles. The van der Waals surface area contributed by atoms with Crippen molar-refractivity contribution in [2.45, 2.75) is 26.3 Å². The van der Waals surface area contributed by atoms with Crippen molar-refractivity contribution in [2.24, 2.45) is 0 Å². The van der Waals surface area contributed by atoms with Gasteiger partial charge in [-0.15, -0.1) is 0 Å². The van der Waals surface area contributed by atoms with Gasteiger partial charge in [0.05, 0.1) is 5.69 Å². The number of carbonyl (C=O) groups excluding carboxylic acids is 1. The zero-order chi connectivity index (χ0) is 18.9. The van der Waals surface area contributed by atoms with Crippen molar-refractivity contribution in [3.63, 3.8) is 0 Å². The third kappa shape index (κ3) is 5.52. The second-order valence-electron chi connectivity index (χ2n) is 5.66. The van der Waals surface area contributed by atoms with Crippen molar-refractivity contribution in [1.82, 2.24) is 20.1 Å². The predicted molar refractivity (Wildman–Crippen MR) is 99.5 cm³/mol. The van der Waals surface area contributed by atoms with Gasteiger partial charge in [-0.2, -0.15) is 5.10 Å². The third-order valence-electron chi connectivity index (χ3n) is 3.53. The van der Waals surface area contributed by atoms with E-state index in [1.807, 2.05) is 13.0 Å². The van der Waals surface area contributed by atoms with Gasteiger partial charge in [-0.3, -0.25) is 9.59 Å². The number of nitrogens with zero attached hydrogens (tertiary/aromatic N) is 3. The van der Waals surface area contributed by atoms with E-state index >= 15 is 0 Å². The lowest BCUT2D eigenvalue weighted by atomic mass is 10.2. The molecule has 0 radical (unpaired) electrons. The van der Waals surface area contributed by atoms with E-state index in [0.717, 1.165) is 15.9 Å². The van der Waals surface area contributed by atoms with Crippen LogP contribution in [-0.4, -0.2) is 38.9 Å². The maximum absolute atomic E-state index is 11.9. The van der Waals surface area contributed by atoms with Crippen molar-refractivity contribution < 1.29 is 9.90 Å². The predicted octanol–water partition coefficient (Wildman–Crippen LogP) is 1.14. The quantitative estimate of drug-likeness (QED) is 0.621. The first-order valence-electron chi connectivity index (χ1n) is 8.40. The molecule has 2 rings (SSSR count). The summed E-state index contributed by atoms with van der Waals surface area (Å²) in [6.45, 7) is 6.18. The number of likely N-dealkylation sites (N-methyl/N-ethyl adjacent to an activating group) is 1. The van der Waals surface area contributed by atoms with Crippen molar-refractivity contribution in [3.8, 4) is 11.3 Å². The van der Waals surface area contributed by atoms with Crippen molar-refractivity contribution in [2.75, 3.05) is 18.5 Å². The number of carbonyl (C=O) groups is 1. The van der Waals surface area contributed by atoms with E-state index in [4.69, 9.17) is 5.11 Å². The molecule has 1 amide bonds. The maximum atomic E-state index is 11.9. The fourth-order valence-electron chi connectivity index (χ4n) is 2.26. The highest BCUT2D eigenvalue weighted by Crippen LogP contribution is 2.17. The Kier molecular flexibility index (Phi) is 7.04. The van der Waals surface area contributed by atoms with Crippen LogP contribution < -0.4 is 16.2 Å². The van der Waals surface area contributed by atoms with Crippen LogP contribution in [0.4, 0.5) is 5.82 Å². The Morgan fingerprint density at radius 3 is 2.77 bits per heavy atom. The van der Waals surface area contributed by atoms with Gasteiger partial charge in [0, 0.05) is 36.7 Å². The zero-order valence-electron chi connectivity index (χ0n) is 14.7. The first-order valence-corrected chi connectivity index (χ1v) is 8.40. The van der Waals surface area contributed by atoms with Gasteiger partial charge in [0.15, 0.2) is 0 Å². The number of pyridine rings is 1. The molecule has 138 valence electrons. The Hall–Kier alpha value is -3.00. The molecule has 8 heteroatoms. The summed E-state index contributed by atoms with van der Waals surface area (Å²) in [5, 5.41) is 18.8. The average Bonchev–Trinajstić information content (AvgIpc) is 2.63. The van der Waals surface area contributed by atoms with Crippen LogP contribution in [0.5, 0.6) is 0 Å². The largest absolute Gasteiger partial charge is 0.396 e. The maximum Gasteiger partial charge on any atom is 0.267 e. The van der Waals surface area contributed by atoms with Gasteiger partial charge in [-0.25, -0.2) is 9.67 Å². The summed E-state index contributed by atoms with van der Waals surface area (Å²) in [5.41, 5.74) is 1.70. The number of aliphatic hydroxyl groups excluding tert-OH is 1. The van der Waals surface area contributed by atoms with Crippen LogP contribution in [0.15, 0.2) is 47.5 Å². The normalized spacial score (nSPS) is 10.4. The van der Waals surface area contributed by atoms with Crippen LogP contribution in [0.1, 0.15) is 19.8 Å². The highest BCUT2D eigenvalue weighted by Gasteiger charge is 2.08. The molecule has 0 saturated heterocycles. The van der Waals surface area contributed by atoms with Crippen LogP contribution in [0.2, 0.25) is 0 Å². The van der Waals surface area contributed by atoms with E-state index in [1.54, 1.807) is 18.3 Å². The van der Waals surface area contributed by atoms with Gasteiger partial charge < -0.3 is 15.7 Å². The van der Waals surface area contributed by atoms with Gasteiger partial charge in [0.2, 0.25) is 5.91 Å². The summed E-state index contributed by atoms with van der Waals surface area (Å²) < 4.78 is 1.13. The number of aromatic nitrogens is 3. The Morgan fingerprint density at radius 2 is 2.12 bits per heavy atom. The van der Waals surface area contributed by atoms with Gasteiger partial charge in [0.1, 0.15) is 12.4 Å². The first-order chi connectivity index (χ1) is 12.5. The zero-order valence-corrected chi connectivity index (χ0v) is 14.7. The van der Waals surface area contributed by atoms with Crippen LogP contribution in [0.3, 0.4) is 0 Å². The Balaban J connectivity index is 2.12. The van der Waals surface area contributed by atoms with Crippen LogP contribution in [0, 0.1) is 0 Å². The lowest BCUT2D eigenvalue weighted by Gasteiger charge is -2.09. The van der Waals surface area contributed by atoms with Gasteiger partial charge in [0.25, 0.3) is 5.56 Å². The molecule has 8 nitrogen and oxygen atoms in total. The molecule has 26 heavy (non-hydrogen) atoms. The van der Waals surface area contributed by atoms with E-state index in [0.29, 0.717) is 30.9 Å². The Bertz CT molecular complexity index is 814. The molecule has 2 aromatic rings. The standard InChI is InChI=1S/C18H23N5O3/c1-3-19-17(25)12-23-18(26)9-7-15(22-23)14-6-8-16(20-11-14)21-13(2)5-4-10-24/h6-9,11,24H,2-5,10,12H2,1H3,(H,19,25)(H,20,21). The minimum absolute atomic E-state index is 0.116. The van der Waals surface area contributed by atoms with Crippen molar-refractivity contribution in [1.29, 1.82) is 0 Å². The lowest BCUT2D eigenvalue weighted by Crippen LogP contribution is -2.33. The van der Waals surface area contributed by atoms with Crippen molar-refractivity contribution >= 4 is 11.7 Å². The Morgan fingerprint density at radius 1 is 1.31 bits per heavy atom. The molecule has 2 heterocycles. The number of hydrogen-bond donors (Lipinski definition) is 3. The van der Waals surface area contributed by atoms with E-state index in [2.05, 4.69) is 27.3 Å². The number of rotatable bonds is 9. The highest BCUT2D eigenvalue weighted by molar-refractivity contribution is 5.75. The summed E-state index contributed by atoms with van der Waals surface area (Å²) in [4.78, 5) is 27.9. The SMILES string of the molecule is C=C(CCCO)Nc1ccc(-c2ccc(=O)n(CC(=O)NCC)n2)cn1. The summed E-state index contributed by atoms with van der Waals surface area (Å²) in [5.74, 6) is 0.366. The monoisotopic (exact) mass is 357 g/mol. The number of aliphatic hydroxyl groups is 1. The first kappa shape index (κ1) is 19.3.